The maximum atomic E-state index is 13.6. The number of nitrogens with zero attached hydrogens (tertiary/aromatic N) is 4. The van der Waals surface area contributed by atoms with Crippen molar-refractivity contribution in [2.24, 2.45) is 16.2 Å². The Morgan fingerprint density at radius 1 is 0.941 bits per heavy atom. The third kappa shape index (κ3) is 5.50. The zero-order chi connectivity index (χ0) is 36.1. The Morgan fingerprint density at radius 3 is 2.37 bits per heavy atom. The molecule has 2 aromatic heterocycles. The van der Waals surface area contributed by atoms with Gasteiger partial charge in [-0.25, -0.2) is 15.0 Å². The van der Waals surface area contributed by atoms with E-state index < -0.39 is 52.5 Å². The van der Waals surface area contributed by atoms with Gasteiger partial charge in [0.1, 0.15) is 35.9 Å². The van der Waals surface area contributed by atoms with Crippen LogP contribution < -0.4 is 21.1 Å². The number of imide groups is 1. The number of hydrogen-bond donors (Lipinski definition) is 3. The Labute approximate surface area is 292 Å². The largest absolute Gasteiger partial charge is 0.426 e. The number of imidazole rings is 1. The van der Waals surface area contributed by atoms with Gasteiger partial charge in [-0.05, 0) is 75.1 Å². The van der Waals surface area contributed by atoms with Crippen LogP contribution in [0.1, 0.15) is 70.5 Å². The highest BCUT2D eigenvalue weighted by Crippen LogP contribution is 2.57. The molecule has 5 heterocycles. The minimum atomic E-state index is -1.03. The van der Waals surface area contributed by atoms with Crippen molar-refractivity contribution >= 4 is 51.4 Å². The average molecular weight is 698 g/mol. The van der Waals surface area contributed by atoms with Gasteiger partial charge in [0.2, 0.25) is 11.8 Å². The van der Waals surface area contributed by atoms with Crippen molar-refractivity contribution in [3.8, 4) is 5.75 Å². The number of fused-ring (bicyclic) bond motifs is 5. The Hall–Kier alpha value is -4.99. The molecule has 2 aromatic carbocycles. The zero-order valence-electron chi connectivity index (χ0n) is 28.9. The third-order valence-electron chi connectivity index (χ3n) is 10.7. The van der Waals surface area contributed by atoms with E-state index in [-0.39, 0.29) is 42.9 Å². The van der Waals surface area contributed by atoms with E-state index in [1.165, 1.54) is 6.33 Å². The Morgan fingerprint density at radius 2 is 1.63 bits per heavy atom. The Balaban J connectivity index is 0.949. The van der Waals surface area contributed by atoms with Crippen LogP contribution in [-0.4, -0.2) is 73.9 Å². The second-order valence-corrected chi connectivity index (χ2v) is 15.5. The van der Waals surface area contributed by atoms with Gasteiger partial charge in [0.25, 0.3) is 5.91 Å². The zero-order valence-corrected chi connectivity index (χ0v) is 28.9. The van der Waals surface area contributed by atoms with Gasteiger partial charge in [-0.3, -0.25) is 29.1 Å². The predicted molar refractivity (Wildman–Crippen MR) is 181 cm³/mol. The normalized spacial score (nSPS) is 32.5. The second-order valence-electron chi connectivity index (χ2n) is 15.5. The van der Waals surface area contributed by atoms with Crippen LogP contribution in [0.4, 0.5) is 5.82 Å². The molecule has 1 saturated carbocycles. The van der Waals surface area contributed by atoms with Crippen molar-refractivity contribution in [1.29, 1.82) is 0 Å². The maximum Gasteiger partial charge on any atom is 0.317 e. The number of benzene rings is 2. The summed E-state index contributed by atoms with van der Waals surface area (Å²) in [7, 11) is 0. The third-order valence-corrected chi connectivity index (χ3v) is 10.7. The predicted octanol–water partition coefficient (Wildman–Crippen LogP) is 3.17. The summed E-state index contributed by atoms with van der Waals surface area (Å²) >= 11 is 0. The number of piperidine rings is 1. The van der Waals surface area contributed by atoms with Crippen molar-refractivity contribution in [2.45, 2.75) is 84.2 Å². The summed E-state index contributed by atoms with van der Waals surface area (Å²) < 4.78 is 26.4. The molecule has 15 nitrogen and oxygen atoms in total. The molecule has 0 spiro atoms. The first-order valence-corrected chi connectivity index (χ1v) is 16.9. The summed E-state index contributed by atoms with van der Waals surface area (Å²) in [4.78, 5) is 65.1. The number of amides is 3. The van der Waals surface area contributed by atoms with E-state index in [4.69, 9.17) is 24.7 Å². The standard InChI is InChI=1S/C36H39N7O8/c1-33(2)50-24-22(49-29(25(24)51-33)43-17-41-23-26(37)39-16-40-27(23)43)12-38-28(44)20-7-6-19-11-21(9-8-18(19)10-20)48-32(47)36(5)14-34(3)13-35(4,15-36)31(46)42-30(34)45/h6-11,16-17,22,24-25,29H,12-15H2,1-5H3,(H,38,44)(H2,37,39,40)(H,42,45,46)/t22-,24-,25-,29-,34-,35+,36?/m1/s1. The highest BCUT2D eigenvalue weighted by molar-refractivity contribution is 6.04. The number of anilines is 1. The summed E-state index contributed by atoms with van der Waals surface area (Å²) in [5, 5.41) is 6.98. The first-order valence-electron chi connectivity index (χ1n) is 16.9. The molecule has 1 aliphatic carbocycles. The molecule has 2 bridgehead atoms. The molecule has 4 N–H and O–H groups in total. The van der Waals surface area contributed by atoms with Gasteiger partial charge in [-0.15, -0.1) is 0 Å². The van der Waals surface area contributed by atoms with Crippen LogP contribution in [0.25, 0.3) is 21.9 Å². The lowest BCUT2D eigenvalue weighted by molar-refractivity contribution is -0.195. The molecule has 0 radical (unpaired) electrons. The van der Waals surface area contributed by atoms with Crippen LogP contribution in [0, 0.1) is 16.2 Å². The highest BCUT2D eigenvalue weighted by Gasteiger charge is 2.61. The first kappa shape index (κ1) is 33.2. The van der Waals surface area contributed by atoms with Gasteiger partial charge in [-0.1, -0.05) is 26.0 Å². The van der Waals surface area contributed by atoms with Crippen LogP contribution in [0.3, 0.4) is 0 Å². The van der Waals surface area contributed by atoms with E-state index in [9.17, 15) is 19.2 Å². The monoisotopic (exact) mass is 697 g/mol. The van der Waals surface area contributed by atoms with E-state index >= 15 is 0 Å². The van der Waals surface area contributed by atoms with E-state index in [2.05, 4.69) is 25.6 Å². The van der Waals surface area contributed by atoms with Crippen LogP contribution in [0.15, 0.2) is 49.1 Å². The van der Waals surface area contributed by atoms with Crippen molar-refractivity contribution < 1.29 is 38.1 Å². The number of nitrogens with two attached hydrogens (primary N) is 1. The van der Waals surface area contributed by atoms with Gasteiger partial charge in [0, 0.05) is 22.9 Å². The number of nitrogens with one attached hydrogen (secondary N) is 2. The van der Waals surface area contributed by atoms with E-state index in [0.29, 0.717) is 28.9 Å². The molecule has 7 atom stereocenters. The molecule has 3 saturated heterocycles. The molecule has 1 unspecified atom stereocenters. The molecular weight excluding hydrogens is 658 g/mol. The van der Waals surface area contributed by atoms with E-state index in [1.54, 1.807) is 68.1 Å². The fraction of sp³-hybridized carbons (Fsp3) is 0.472. The van der Waals surface area contributed by atoms with Crippen molar-refractivity contribution in [3.05, 3.63) is 54.6 Å². The van der Waals surface area contributed by atoms with Crippen LogP contribution >= 0.6 is 0 Å². The summed E-state index contributed by atoms with van der Waals surface area (Å²) in [6.45, 7) is 9.16. The fourth-order valence-electron chi connectivity index (χ4n) is 8.70. The van der Waals surface area contributed by atoms with Gasteiger partial charge < -0.3 is 30.0 Å². The van der Waals surface area contributed by atoms with Crippen LogP contribution in [-0.2, 0) is 28.6 Å². The SMILES string of the molecule is CC1(C)O[C@@H]2[C@H](O1)[C@@H](CNC(=O)c1ccc3cc(OC(=O)C4(C)C[C@@]5(C)C[C@@](C)(C4)C(=O)NC5=O)ccc3c1)O[C@H]2n1cnc2c(N)ncnc21. The molecular formula is C36H39N7O8. The quantitative estimate of drug-likeness (QED) is 0.151. The van der Waals surface area contributed by atoms with Crippen molar-refractivity contribution in [2.75, 3.05) is 12.3 Å². The van der Waals surface area contributed by atoms with Gasteiger partial charge in [-0.2, -0.15) is 0 Å². The fourth-order valence-corrected chi connectivity index (χ4v) is 8.70. The van der Waals surface area contributed by atoms with E-state index in [1.807, 2.05) is 13.8 Å². The summed E-state index contributed by atoms with van der Waals surface area (Å²) in [6, 6.07) is 10.4. The summed E-state index contributed by atoms with van der Waals surface area (Å²) in [5.41, 5.74) is 4.64. The molecule has 266 valence electrons. The first-order chi connectivity index (χ1) is 24.1. The lowest BCUT2D eigenvalue weighted by Gasteiger charge is -2.52. The average Bonchev–Trinajstić information content (AvgIpc) is 3.73. The number of ether oxygens (including phenoxy) is 4. The van der Waals surface area contributed by atoms with Gasteiger partial charge in [0.15, 0.2) is 23.5 Å². The number of esters is 1. The highest BCUT2D eigenvalue weighted by atomic mass is 16.8. The molecule has 3 aliphatic heterocycles. The Bertz CT molecular complexity index is 2120. The topological polar surface area (TPSA) is 199 Å². The smallest absolute Gasteiger partial charge is 0.317 e. The lowest BCUT2D eigenvalue weighted by atomic mass is 9.52. The summed E-state index contributed by atoms with van der Waals surface area (Å²) in [5.74, 6) is -1.79. The molecule has 3 amide bonds. The summed E-state index contributed by atoms with van der Waals surface area (Å²) in [6.07, 6.45) is 1.75. The number of carbonyl (C=O) groups is 4. The molecule has 8 rings (SSSR count). The van der Waals surface area contributed by atoms with Gasteiger partial charge in [0.05, 0.1) is 11.7 Å². The van der Waals surface area contributed by atoms with E-state index in [0.717, 1.165) is 10.8 Å². The molecule has 15 heteroatoms. The van der Waals surface area contributed by atoms with Crippen molar-refractivity contribution in [1.82, 2.24) is 30.2 Å². The number of aromatic nitrogens is 4. The number of rotatable bonds is 6. The second kappa shape index (κ2) is 11.3. The minimum absolute atomic E-state index is 0.150. The maximum absolute atomic E-state index is 13.6. The van der Waals surface area contributed by atoms with Crippen LogP contribution in [0.5, 0.6) is 5.75 Å². The van der Waals surface area contributed by atoms with Crippen molar-refractivity contribution in [3.63, 3.8) is 0 Å². The van der Waals surface area contributed by atoms with Crippen LogP contribution in [0.2, 0.25) is 0 Å². The number of hydrogen-bond acceptors (Lipinski definition) is 12. The lowest BCUT2D eigenvalue weighted by Crippen LogP contribution is -2.63. The Kier molecular flexibility index (Phi) is 7.32. The number of carbonyl (C=O) groups excluding carboxylic acids is 4. The molecule has 4 fully saturated rings. The van der Waals surface area contributed by atoms with Gasteiger partial charge >= 0.3 is 5.97 Å². The molecule has 4 aromatic rings. The minimum Gasteiger partial charge on any atom is -0.426 e. The molecule has 4 aliphatic rings. The molecule has 51 heavy (non-hydrogen) atoms. The number of nitrogen functional groups attached to an aromatic ring is 1.